The molecule has 0 aromatic rings. The van der Waals surface area contributed by atoms with E-state index in [-0.39, 0.29) is 5.92 Å². The second kappa shape index (κ2) is 6.06. The zero-order valence-electron chi connectivity index (χ0n) is 10.9. The SMILES string of the molecule is CC(CCN(N)C(=O)OC(C)(C)C)[C@@H](C)O. The Hall–Kier alpha value is -0.810. The van der Waals surface area contributed by atoms with Crippen LogP contribution in [0.5, 0.6) is 0 Å². The van der Waals surface area contributed by atoms with Crippen LogP contribution in [-0.2, 0) is 4.74 Å². The molecule has 0 saturated carbocycles. The molecule has 0 fully saturated rings. The number of amides is 1. The first-order chi connectivity index (χ1) is 7.13. The molecule has 1 amide bonds. The van der Waals surface area contributed by atoms with Gasteiger partial charge in [0.2, 0.25) is 0 Å². The number of rotatable bonds is 4. The van der Waals surface area contributed by atoms with Crippen molar-refractivity contribution in [2.24, 2.45) is 11.8 Å². The van der Waals surface area contributed by atoms with Crippen molar-refractivity contribution in [3.05, 3.63) is 0 Å². The number of carbonyl (C=O) groups is 1. The summed E-state index contributed by atoms with van der Waals surface area (Å²) >= 11 is 0. The summed E-state index contributed by atoms with van der Waals surface area (Å²) in [5.74, 6) is 5.66. The Labute approximate surface area is 97.5 Å². The Morgan fingerprint density at radius 3 is 2.31 bits per heavy atom. The normalized spacial score (nSPS) is 15.4. The van der Waals surface area contributed by atoms with Crippen molar-refractivity contribution in [3.8, 4) is 0 Å². The van der Waals surface area contributed by atoms with E-state index in [9.17, 15) is 9.90 Å². The van der Waals surface area contributed by atoms with Crippen molar-refractivity contribution in [2.45, 2.75) is 52.7 Å². The van der Waals surface area contributed by atoms with E-state index in [0.29, 0.717) is 13.0 Å². The van der Waals surface area contributed by atoms with Crippen LogP contribution < -0.4 is 5.84 Å². The summed E-state index contributed by atoms with van der Waals surface area (Å²) in [6.45, 7) is 9.37. The zero-order valence-corrected chi connectivity index (χ0v) is 10.9. The first-order valence-electron chi connectivity index (χ1n) is 5.56. The Bertz CT molecular complexity index is 224. The first-order valence-corrected chi connectivity index (χ1v) is 5.56. The molecule has 0 aliphatic carbocycles. The van der Waals surface area contributed by atoms with E-state index in [0.717, 1.165) is 5.01 Å². The van der Waals surface area contributed by atoms with Gasteiger partial charge in [-0.05, 0) is 40.0 Å². The highest BCUT2D eigenvalue weighted by molar-refractivity contribution is 5.67. The molecule has 1 unspecified atom stereocenters. The van der Waals surface area contributed by atoms with Gasteiger partial charge in [-0.25, -0.2) is 15.6 Å². The molecule has 0 aliphatic rings. The fourth-order valence-corrected chi connectivity index (χ4v) is 0.996. The lowest BCUT2D eigenvalue weighted by Crippen LogP contribution is -2.42. The predicted molar refractivity (Wildman–Crippen MR) is 62.6 cm³/mol. The molecule has 5 heteroatoms. The third-order valence-corrected chi connectivity index (χ3v) is 2.28. The Morgan fingerprint density at radius 1 is 1.44 bits per heavy atom. The van der Waals surface area contributed by atoms with Gasteiger partial charge < -0.3 is 9.84 Å². The maximum Gasteiger partial charge on any atom is 0.424 e. The van der Waals surface area contributed by atoms with E-state index in [1.165, 1.54) is 0 Å². The maximum absolute atomic E-state index is 11.5. The van der Waals surface area contributed by atoms with Gasteiger partial charge in [-0.1, -0.05) is 6.92 Å². The third-order valence-electron chi connectivity index (χ3n) is 2.28. The average Bonchev–Trinajstić information content (AvgIpc) is 2.10. The van der Waals surface area contributed by atoms with Crippen LogP contribution in [0, 0.1) is 5.92 Å². The molecule has 0 spiro atoms. The van der Waals surface area contributed by atoms with Crippen LogP contribution in [-0.4, -0.2) is 34.5 Å². The number of carbonyl (C=O) groups excluding carboxylic acids is 1. The van der Waals surface area contributed by atoms with Crippen LogP contribution in [0.2, 0.25) is 0 Å². The van der Waals surface area contributed by atoms with Crippen molar-refractivity contribution in [2.75, 3.05) is 6.54 Å². The number of hydrogen-bond donors (Lipinski definition) is 2. The summed E-state index contributed by atoms with van der Waals surface area (Å²) < 4.78 is 5.09. The second-order valence-corrected chi connectivity index (χ2v) is 5.18. The molecular formula is C11H24N2O3. The first kappa shape index (κ1) is 15.2. The standard InChI is InChI=1S/C11H24N2O3/c1-8(9(2)14)6-7-13(12)10(15)16-11(3,4)5/h8-9,14H,6-7,12H2,1-5H3/t8?,9-/m1/s1. The highest BCUT2D eigenvalue weighted by Crippen LogP contribution is 2.11. The number of nitrogens with two attached hydrogens (primary N) is 1. The summed E-state index contributed by atoms with van der Waals surface area (Å²) in [4.78, 5) is 11.5. The smallest absolute Gasteiger partial charge is 0.424 e. The number of aliphatic hydroxyl groups is 1. The average molecular weight is 232 g/mol. The number of hydrogen-bond acceptors (Lipinski definition) is 4. The fraction of sp³-hybridized carbons (Fsp3) is 0.909. The summed E-state index contributed by atoms with van der Waals surface area (Å²) in [5, 5.41) is 10.3. The molecule has 96 valence electrons. The van der Waals surface area contributed by atoms with Gasteiger partial charge >= 0.3 is 6.09 Å². The minimum absolute atomic E-state index is 0.105. The van der Waals surface area contributed by atoms with Gasteiger partial charge in [0, 0.05) is 6.54 Å². The van der Waals surface area contributed by atoms with Crippen LogP contribution in [0.25, 0.3) is 0 Å². The molecule has 0 radical (unpaired) electrons. The fourth-order valence-electron chi connectivity index (χ4n) is 0.996. The maximum atomic E-state index is 11.5. The van der Waals surface area contributed by atoms with Crippen molar-refractivity contribution in [1.29, 1.82) is 0 Å². The lowest BCUT2D eigenvalue weighted by atomic mass is 10.0. The number of ether oxygens (including phenoxy) is 1. The zero-order chi connectivity index (χ0) is 12.9. The van der Waals surface area contributed by atoms with Crippen LogP contribution in [0.1, 0.15) is 41.0 Å². The summed E-state index contributed by atoms with van der Waals surface area (Å²) in [5.41, 5.74) is -0.537. The third kappa shape index (κ3) is 6.63. The van der Waals surface area contributed by atoms with E-state index in [1.54, 1.807) is 27.7 Å². The van der Waals surface area contributed by atoms with Gasteiger partial charge in [-0.15, -0.1) is 0 Å². The number of hydrazine groups is 1. The molecule has 2 atom stereocenters. The molecule has 16 heavy (non-hydrogen) atoms. The van der Waals surface area contributed by atoms with Crippen molar-refractivity contribution in [1.82, 2.24) is 5.01 Å². The molecule has 0 rings (SSSR count). The highest BCUT2D eigenvalue weighted by atomic mass is 16.6. The number of nitrogens with zero attached hydrogens (tertiary/aromatic N) is 1. The van der Waals surface area contributed by atoms with Crippen LogP contribution >= 0.6 is 0 Å². The van der Waals surface area contributed by atoms with Crippen molar-refractivity contribution in [3.63, 3.8) is 0 Å². The lowest BCUT2D eigenvalue weighted by molar-refractivity contribution is 0.0221. The van der Waals surface area contributed by atoms with E-state index < -0.39 is 17.8 Å². The largest absolute Gasteiger partial charge is 0.443 e. The minimum atomic E-state index is -0.537. The van der Waals surface area contributed by atoms with E-state index in [1.807, 2.05) is 6.92 Å². The molecule has 0 heterocycles. The summed E-state index contributed by atoms with van der Waals surface area (Å²) in [7, 11) is 0. The van der Waals surface area contributed by atoms with Gasteiger partial charge in [0.15, 0.2) is 0 Å². The molecular weight excluding hydrogens is 208 g/mol. The number of aliphatic hydroxyl groups excluding tert-OH is 1. The molecule has 5 nitrogen and oxygen atoms in total. The Morgan fingerprint density at radius 2 is 1.94 bits per heavy atom. The van der Waals surface area contributed by atoms with E-state index in [4.69, 9.17) is 10.6 Å². The van der Waals surface area contributed by atoms with Gasteiger partial charge in [0.1, 0.15) is 5.60 Å². The molecule has 0 aliphatic heterocycles. The van der Waals surface area contributed by atoms with Gasteiger partial charge in [-0.3, -0.25) is 0 Å². The predicted octanol–water partition coefficient (Wildman–Crippen LogP) is 1.50. The van der Waals surface area contributed by atoms with Crippen molar-refractivity contribution >= 4 is 6.09 Å². The highest BCUT2D eigenvalue weighted by Gasteiger charge is 2.20. The summed E-state index contributed by atoms with van der Waals surface area (Å²) in [6, 6.07) is 0. The lowest BCUT2D eigenvalue weighted by Gasteiger charge is -2.25. The topological polar surface area (TPSA) is 75.8 Å². The summed E-state index contributed by atoms with van der Waals surface area (Å²) in [6.07, 6.45) is -0.287. The van der Waals surface area contributed by atoms with Crippen LogP contribution in [0.4, 0.5) is 4.79 Å². The van der Waals surface area contributed by atoms with Gasteiger partial charge in [-0.2, -0.15) is 0 Å². The quantitative estimate of drug-likeness (QED) is 0.437. The van der Waals surface area contributed by atoms with Gasteiger partial charge in [0.05, 0.1) is 6.10 Å². The second-order valence-electron chi connectivity index (χ2n) is 5.18. The Balaban J connectivity index is 3.98. The molecule has 0 aromatic heterocycles. The van der Waals surface area contributed by atoms with E-state index >= 15 is 0 Å². The minimum Gasteiger partial charge on any atom is -0.443 e. The molecule has 3 N–H and O–H groups in total. The van der Waals surface area contributed by atoms with Crippen LogP contribution in [0.3, 0.4) is 0 Å². The van der Waals surface area contributed by atoms with Crippen LogP contribution in [0.15, 0.2) is 0 Å². The molecule has 0 bridgehead atoms. The molecule has 0 saturated heterocycles. The monoisotopic (exact) mass is 232 g/mol. The van der Waals surface area contributed by atoms with E-state index in [2.05, 4.69) is 0 Å². The Kier molecular flexibility index (Phi) is 5.75. The molecule has 0 aromatic carbocycles. The van der Waals surface area contributed by atoms with Crippen molar-refractivity contribution < 1.29 is 14.6 Å². The van der Waals surface area contributed by atoms with Gasteiger partial charge in [0.25, 0.3) is 0 Å².